The Morgan fingerprint density at radius 3 is 1.73 bits per heavy atom. The van der Waals surface area contributed by atoms with E-state index < -0.39 is 5.41 Å². The van der Waals surface area contributed by atoms with Crippen LogP contribution in [0.25, 0.3) is 42.4 Å². The molecule has 1 aromatic heterocycles. The first kappa shape index (κ1) is 40.7. The van der Waals surface area contributed by atoms with Crippen LogP contribution in [-0.2, 0) is 10.8 Å². The summed E-state index contributed by atoms with van der Waals surface area (Å²) in [6, 6.07) is 93.2. The third-order valence-corrected chi connectivity index (χ3v) is 16.9. The predicted molar refractivity (Wildman–Crippen MR) is 294 cm³/mol. The number of rotatable bonds is 8. The first-order valence-electron chi connectivity index (χ1n) is 24.5. The molecule has 11 aromatic rings. The van der Waals surface area contributed by atoms with E-state index in [1.165, 1.54) is 86.9 Å². The van der Waals surface area contributed by atoms with Crippen molar-refractivity contribution in [1.29, 1.82) is 0 Å². The molecule has 0 radical (unpaired) electrons. The van der Waals surface area contributed by atoms with Gasteiger partial charge in [0.2, 0.25) is 0 Å². The van der Waals surface area contributed by atoms with Crippen LogP contribution in [0.3, 0.4) is 0 Å². The van der Waals surface area contributed by atoms with E-state index in [4.69, 9.17) is 0 Å². The lowest BCUT2D eigenvalue weighted by Crippen LogP contribution is -2.35. The summed E-state index contributed by atoms with van der Waals surface area (Å²) >= 11 is 1.88. The number of nitrogens with zero attached hydrogens (tertiary/aromatic N) is 1. The fourth-order valence-electron chi connectivity index (χ4n) is 12.9. The second-order valence-corrected chi connectivity index (χ2v) is 20.1. The minimum atomic E-state index is -0.480. The first-order valence-corrected chi connectivity index (χ1v) is 25.3. The molecule has 0 amide bonds. The Balaban J connectivity index is 0.982. The normalized spacial score (nSPS) is 18.1. The van der Waals surface area contributed by atoms with Crippen molar-refractivity contribution in [2.24, 2.45) is 5.92 Å². The van der Waals surface area contributed by atoms with E-state index in [-0.39, 0.29) is 11.3 Å². The van der Waals surface area contributed by atoms with Gasteiger partial charge in [0.15, 0.2) is 0 Å². The van der Waals surface area contributed by atoms with Gasteiger partial charge in [0, 0.05) is 49.1 Å². The summed E-state index contributed by atoms with van der Waals surface area (Å²) in [5, 5.41) is 2.62. The first-order chi connectivity index (χ1) is 34.7. The quantitative estimate of drug-likeness (QED) is 0.147. The van der Waals surface area contributed by atoms with Gasteiger partial charge < -0.3 is 4.90 Å². The van der Waals surface area contributed by atoms with Gasteiger partial charge in [0.25, 0.3) is 0 Å². The average molecular weight is 910 g/mol. The lowest BCUT2D eigenvalue weighted by Gasteiger charge is -2.39. The lowest BCUT2D eigenvalue weighted by molar-refractivity contribution is 0.457. The molecule has 3 aliphatic rings. The van der Waals surface area contributed by atoms with Gasteiger partial charge in [-0.15, -0.1) is 11.3 Å². The third kappa shape index (κ3) is 5.90. The molecule has 0 fully saturated rings. The summed E-state index contributed by atoms with van der Waals surface area (Å²) in [4.78, 5) is 2.48. The van der Waals surface area contributed by atoms with Gasteiger partial charge in [-0.05, 0) is 109 Å². The second kappa shape index (κ2) is 16.2. The van der Waals surface area contributed by atoms with Crippen LogP contribution < -0.4 is 4.90 Å². The van der Waals surface area contributed by atoms with Crippen LogP contribution in [0.1, 0.15) is 50.4 Å². The average Bonchev–Trinajstić information content (AvgIpc) is 4.07. The largest absolute Gasteiger partial charge is 0.310 e. The number of benzene rings is 10. The van der Waals surface area contributed by atoms with E-state index in [1.54, 1.807) is 0 Å². The summed E-state index contributed by atoms with van der Waals surface area (Å²) in [7, 11) is 0. The number of thiophene rings is 1. The zero-order valence-corrected chi connectivity index (χ0v) is 39.3. The van der Waals surface area contributed by atoms with Crippen molar-refractivity contribution >= 4 is 48.6 Å². The van der Waals surface area contributed by atoms with Crippen molar-refractivity contribution in [2.45, 2.75) is 16.7 Å². The zero-order valence-electron chi connectivity index (χ0n) is 38.5. The van der Waals surface area contributed by atoms with Gasteiger partial charge in [-0.2, -0.15) is 0 Å². The number of fused-ring (bicyclic) bond motifs is 9. The minimum Gasteiger partial charge on any atom is -0.310 e. The highest BCUT2D eigenvalue weighted by molar-refractivity contribution is 7.26. The van der Waals surface area contributed by atoms with Gasteiger partial charge in [-0.3, -0.25) is 0 Å². The number of hydrogen-bond acceptors (Lipinski definition) is 2. The Hall–Kier alpha value is -8.30. The predicted octanol–water partition coefficient (Wildman–Crippen LogP) is 17.7. The van der Waals surface area contributed by atoms with Gasteiger partial charge in [-0.25, -0.2) is 0 Å². The van der Waals surface area contributed by atoms with E-state index in [9.17, 15) is 0 Å². The number of allylic oxidation sites excluding steroid dienone is 4. The Labute approximate surface area is 413 Å². The minimum absolute atomic E-state index is 0.235. The molecule has 0 saturated carbocycles. The third-order valence-electron chi connectivity index (χ3n) is 15.7. The van der Waals surface area contributed by atoms with Gasteiger partial charge in [0.05, 0.1) is 10.8 Å². The summed E-state index contributed by atoms with van der Waals surface area (Å²) < 4.78 is 2.63. The summed E-state index contributed by atoms with van der Waals surface area (Å²) in [5.41, 5.74) is 18.0. The monoisotopic (exact) mass is 909 g/mol. The van der Waals surface area contributed by atoms with Crippen LogP contribution in [0.5, 0.6) is 0 Å². The topological polar surface area (TPSA) is 3.24 Å². The molecule has 3 unspecified atom stereocenters. The second-order valence-electron chi connectivity index (χ2n) is 19.1. The molecule has 0 bridgehead atoms. The summed E-state index contributed by atoms with van der Waals surface area (Å²) in [6.45, 7) is 0. The summed E-state index contributed by atoms with van der Waals surface area (Å²) in [6.07, 6.45) is 9.35. The molecule has 0 spiro atoms. The van der Waals surface area contributed by atoms with Crippen molar-refractivity contribution in [3.05, 3.63) is 318 Å². The van der Waals surface area contributed by atoms with Crippen molar-refractivity contribution < 1.29 is 0 Å². The van der Waals surface area contributed by atoms with E-state index in [1.807, 2.05) is 11.3 Å². The van der Waals surface area contributed by atoms with Crippen LogP contribution >= 0.6 is 11.3 Å². The molecule has 0 aliphatic heterocycles. The van der Waals surface area contributed by atoms with E-state index >= 15 is 0 Å². The van der Waals surface area contributed by atoms with Crippen molar-refractivity contribution in [3.63, 3.8) is 0 Å². The molecule has 3 atom stereocenters. The smallest absolute Gasteiger partial charge is 0.0713 e. The molecule has 0 saturated heterocycles. The molecule has 330 valence electrons. The van der Waals surface area contributed by atoms with Crippen LogP contribution in [0.2, 0.25) is 0 Å². The molecule has 1 nitrogen and oxygen atoms in total. The van der Waals surface area contributed by atoms with Crippen molar-refractivity contribution in [3.8, 4) is 22.3 Å². The fourth-order valence-corrected chi connectivity index (χ4v) is 14.1. The van der Waals surface area contributed by atoms with Crippen LogP contribution in [0, 0.1) is 5.92 Å². The molecule has 14 rings (SSSR count). The highest BCUT2D eigenvalue weighted by atomic mass is 32.1. The number of anilines is 3. The summed E-state index contributed by atoms with van der Waals surface area (Å²) in [5.74, 6) is 0.526. The van der Waals surface area contributed by atoms with E-state index in [0.29, 0.717) is 5.92 Å². The Morgan fingerprint density at radius 2 is 0.943 bits per heavy atom. The number of hydrogen-bond donors (Lipinski definition) is 0. The molecule has 2 heteroatoms. The molecule has 10 aromatic carbocycles. The molecule has 3 aliphatic carbocycles. The fraction of sp³-hybridized carbons (Fsp3) is 0.0588. The standard InChI is InChI=1S/C68H47NS/c1-4-21-47(22-5-1)67(48-23-6-2-7-24-48)63-36-16-12-30-57(63)60-45-53(42-43-64(60)67)69(52-27-18-20-46(44-52)54-32-19-33-59-58-31-13-17-37-65(58)70-66(54)59)51-40-38-50(39-41-51)68(49-25-8-3-9-26-49)61-34-14-10-28-55(61)56-29-11-15-35-62(56)68/h1-45,55,61H. The van der Waals surface area contributed by atoms with Gasteiger partial charge >= 0.3 is 0 Å². The van der Waals surface area contributed by atoms with Crippen molar-refractivity contribution in [2.75, 3.05) is 4.90 Å². The molecule has 70 heavy (non-hydrogen) atoms. The van der Waals surface area contributed by atoms with Gasteiger partial charge in [-0.1, -0.05) is 231 Å². The lowest BCUT2D eigenvalue weighted by atomic mass is 9.63. The highest BCUT2D eigenvalue weighted by Crippen LogP contribution is 2.60. The Bertz CT molecular complexity index is 3810. The van der Waals surface area contributed by atoms with Crippen LogP contribution in [-0.4, -0.2) is 0 Å². The maximum atomic E-state index is 2.48. The molecular formula is C68H47NS. The Morgan fingerprint density at radius 1 is 0.371 bits per heavy atom. The van der Waals surface area contributed by atoms with E-state index in [2.05, 4.69) is 278 Å². The zero-order chi connectivity index (χ0) is 46.2. The van der Waals surface area contributed by atoms with Gasteiger partial charge in [0.1, 0.15) is 0 Å². The van der Waals surface area contributed by atoms with Crippen LogP contribution in [0.15, 0.2) is 273 Å². The Kier molecular flexibility index (Phi) is 9.41. The molecule has 0 N–H and O–H groups in total. The van der Waals surface area contributed by atoms with E-state index in [0.717, 1.165) is 17.1 Å². The van der Waals surface area contributed by atoms with Crippen LogP contribution in [0.4, 0.5) is 17.1 Å². The highest BCUT2D eigenvalue weighted by Gasteiger charge is 2.53. The SMILES string of the molecule is C1=CC2c3ccccc3C(c3ccccc3)(c3ccc(N(c4cccc(-c5cccc6c5sc5ccccc56)c4)c4ccc5c(c4)-c4ccccc4C5(c4ccccc4)c4ccccc4)cc3)C2C=C1. The maximum Gasteiger partial charge on any atom is 0.0713 e. The molecular weight excluding hydrogens is 863 g/mol. The maximum absolute atomic E-state index is 2.48. The molecule has 1 heterocycles. The van der Waals surface area contributed by atoms with Crippen molar-refractivity contribution in [1.82, 2.24) is 0 Å².